The third-order valence-corrected chi connectivity index (χ3v) is 4.13. The molecule has 0 radical (unpaired) electrons. The predicted molar refractivity (Wildman–Crippen MR) is 104 cm³/mol. The summed E-state index contributed by atoms with van der Waals surface area (Å²) >= 11 is 0. The number of hydrogen-bond acceptors (Lipinski definition) is 9. The minimum atomic E-state index is -0.884. The number of rotatable bonds is 6. The SMILES string of the molecule is COc1cc(NC(=O)COC(=O)c2nc3nc(C)cc(C)n3n2)c(C)cc1[N+](=O)[O-]. The van der Waals surface area contributed by atoms with Crippen molar-refractivity contribution in [3.8, 4) is 5.75 Å². The Morgan fingerprint density at radius 2 is 1.93 bits per heavy atom. The van der Waals surface area contributed by atoms with Gasteiger partial charge in [0.15, 0.2) is 12.4 Å². The van der Waals surface area contributed by atoms with Crippen LogP contribution >= 0.6 is 0 Å². The highest BCUT2D eigenvalue weighted by atomic mass is 16.6. The van der Waals surface area contributed by atoms with Crippen molar-refractivity contribution in [3.05, 3.63) is 51.1 Å². The maximum absolute atomic E-state index is 12.2. The average molecular weight is 414 g/mol. The zero-order chi connectivity index (χ0) is 22.0. The molecule has 2 heterocycles. The van der Waals surface area contributed by atoms with E-state index in [9.17, 15) is 19.7 Å². The number of amides is 1. The van der Waals surface area contributed by atoms with Gasteiger partial charge in [0, 0.05) is 29.2 Å². The number of nitrogens with zero attached hydrogens (tertiary/aromatic N) is 5. The van der Waals surface area contributed by atoms with Crippen LogP contribution in [0.25, 0.3) is 5.78 Å². The van der Waals surface area contributed by atoms with Crippen molar-refractivity contribution in [2.24, 2.45) is 0 Å². The average Bonchev–Trinajstić information content (AvgIpc) is 3.11. The zero-order valence-electron chi connectivity index (χ0n) is 16.6. The molecule has 0 atom stereocenters. The van der Waals surface area contributed by atoms with Gasteiger partial charge >= 0.3 is 11.7 Å². The number of carbonyl (C=O) groups is 2. The van der Waals surface area contributed by atoms with E-state index in [0.717, 1.165) is 11.4 Å². The number of carbonyl (C=O) groups excluding carboxylic acids is 2. The lowest BCUT2D eigenvalue weighted by Crippen LogP contribution is -2.22. The molecule has 30 heavy (non-hydrogen) atoms. The molecule has 12 heteroatoms. The van der Waals surface area contributed by atoms with Gasteiger partial charge in [-0.2, -0.15) is 4.98 Å². The summed E-state index contributed by atoms with van der Waals surface area (Å²) in [4.78, 5) is 43.0. The number of benzene rings is 1. The van der Waals surface area contributed by atoms with E-state index < -0.39 is 23.4 Å². The summed E-state index contributed by atoms with van der Waals surface area (Å²) in [7, 11) is 1.28. The first-order valence-electron chi connectivity index (χ1n) is 8.70. The molecule has 0 aliphatic heterocycles. The molecule has 0 aliphatic carbocycles. The molecule has 0 saturated heterocycles. The van der Waals surface area contributed by atoms with E-state index >= 15 is 0 Å². The Bertz CT molecular complexity index is 1170. The summed E-state index contributed by atoms with van der Waals surface area (Å²) in [5.74, 6) is -1.51. The molecule has 1 N–H and O–H groups in total. The van der Waals surface area contributed by atoms with E-state index in [1.807, 2.05) is 0 Å². The smallest absolute Gasteiger partial charge is 0.378 e. The molecule has 1 aromatic carbocycles. The number of aromatic nitrogens is 4. The second kappa shape index (κ2) is 8.11. The first kappa shape index (κ1) is 20.6. The number of ether oxygens (including phenoxy) is 2. The maximum atomic E-state index is 12.2. The van der Waals surface area contributed by atoms with Gasteiger partial charge in [-0.3, -0.25) is 14.9 Å². The number of methoxy groups -OCH3 is 1. The summed E-state index contributed by atoms with van der Waals surface area (Å²) in [6, 6.07) is 4.39. The summed E-state index contributed by atoms with van der Waals surface area (Å²) < 4.78 is 11.3. The number of aryl methyl sites for hydroxylation is 3. The molecule has 2 aromatic heterocycles. The van der Waals surface area contributed by atoms with Crippen molar-refractivity contribution >= 4 is 29.0 Å². The van der Waals surface area contributed by atoms with Crippen molar-refractivity contribution < 1.29 is 24.0 Å². The maximum Gasteiger partial charge on any atom is 0.378 e. The van der Waals surface area contributed by atoms with Gasteiger partial charge in [0.25, 0.3) is 17.5 Å². The van der Waals surface area contributed by atoms with Gasteiger partial charge in [-0.15, -0.1) is 5.10 Å². The fourth-order valence-electron chi connectivity index (χ4n) is 2.75. The summed E-state index contributed by atoms with van der Waals surface area (Å²) in [6.07, 6.45) is 0. The Hall–Kier alpha value is -4.09. The van der Waals surface area contributed by atoms with Crippen LogP contribution in [0.5, 0.6) is 5.75 Å². The number of nitrogens with one attached hydrogen (secondary N) is 1. The number of nitro groups is 1. The molecular formula is C18H18N6O6. The lowest BCUT2D eigenvalue weighted by molar-refractivity contribution is -0.385. The van der Waals surface area contributed by atoms with Gasteiger partial charge in [-0.1, -0.05) is 0 Å². The highest BCUT2D eigenvalue weighted by Gasteiger charge is 2.20. The van der Waals surface area contributed by atoms with Crippen LogP contribution in [0.3, 0.4) is 0 Å². The van der Waals surface area contributed by atoms with Crippen LogP contribution < -0.4 is 10.1 Å². The van der Waals surface area contributed by atoms with Crippen LogP contribution in [0.1, 0.15) is 27.6 Å². The Morgan fingerprint density at radius 3 is 2.60 bits per heavy atom. The van der Waals surface area contributed by atoms with Gasteiger partial charge in [0.1, 0.15) is 0 Å². The van der Waals surface area contributed by atoms with Crippen LogP contribution in [-0.2, 0) is 9.53 Å². The van der Waals surface area contributed by atoms with Gasteiger partial charge in [0.05, 0.1) is 12.0 Å². The molecule has 0 aliphatic rings. The molecule has 1 amide bonds. The number of hydrogen-bond donors (Lipinski definition) is 1. The van der Waals surface area contributed by atoms with E-state index in [-0.39, 0.29) is 23.0 Å². The van der Waals surface area contributed by atoms with Crippen molar-refractivity contribution in [3.63, 3.8) is 0 Å². The van der Waals surface area contributed by atoms with E-state index in [0.29, 0.717) is 11.3 Å². The van der Waals surface area contributed by atoms with Crippen LogP contribution in [0, 0.1) is 30.9 Å². The topological polar surface area (TPSA) is 151 Å². The number of esters is 1. The minimum absolute atomic E-state index is 0.00930. The van der Waals surface area contributed by atoms with Crippen LogP contribution in [0.15, 0.2) is 18.2 Å². The van der Waals surface area contributed by atoms with Crippen LogP contribution in [-0.4, -0.2) is 50.1 Å². The normalized spacial score (nSPS) is 10.7. The van der Waals surface area contributed by atoms with Crippen LogP contribution in [0.4, 0.5) is 11.4 Å². The Kier molecular flexibility index (Phi) is 5.58. The van der Waals surface area contributed by atoms with Crippen LogP contribution in [0.2, 0.25) is 0 Å². The highest BCUT2D eigenvalue weighted by Crippen LogP contribution is 2.32. The van der Waals surface area contributed by atoms with Gasteiger partial charge in [0.2, 0.25) is 0 Å². The largest absolute Gasteiger partial charge is 0.490 e. The molecule has 0 fully saturated rings. The van der Waals surface area contributed by atoms with Crippen molar-refractivity contribution in [1.29, 1.82) is 0 Å². The first-order valence-corrected chi connectivity index (χ1v) is 8.70. The molecule has 0 bridgehead atoms. The van der Waals surface area contributed by atoms with Gasteiger partial charge in [-0.05, 0) is 32.4 Å². The quantitative estimate of drug-likeness (QED) is 0.361. The molecular weight excluding hydrogens is 396 g/mol. The van der Waals surface area contributed by atoms with E-state index in [1.165, 1.54) is 23.8 Å². The zero-order valence-corrected chi connectivity index (χ0v) is 16.6. The van der Waals surface area contributed by atoms with Gasteiger partial charge < -0.3 is 14.8 Å². The molecule has 12 nitrogen and oxygen atoms in total. The molecule has 0 unspecified atom stereocenters. The highest BCUT2D eigenvalue weighted by molar-refractivity contribution is 5.95. The Labute approximate surface area is 170 Å². The Morgan fingerprint density at radius 1 is 1.20 bits per heavy atom. The molecule has 0 saturated carbocycles. The Balaban J connectivity index is 1.68. The lowest BCUT2D eigenvalue weighted by atomic mass is 10.1. The predicted octanol–water partition coefficient (Wildman–Crippen LogP) is 1.76. The fraction of sp³-hybridized carbons (Fsp3) is 0.278. The van der Waals surface area contributed by atoms with E-state index in [1.54, 1.807) is 26.8 Å². The summed E-state index contributed by atoms with van der Waals surface area (Å²) in [5.41, 5.74) is 1.97. The van der Waals surface area contributed by atoms with Crippen molar-refractivity contribution in [2.45, 2.75) is 20.8 Å². The fourth-order valence-corrected chi connectivity index (χ4v) is 2.75. The standard InChI is InChI=1S/C18H18N6O6/c1-9-5-13(24(27)28)14(29-4)7-12(9)20-15(25)8-30-17(26)16-21-18-19-10(2)6-11(3)23(18)22-16/h5-7H,8H2,1-4H3,(H,20,25). The monoisotopic (exact) mass is 414 g/mol. The number of fused-ring (bicyclic) bond motifs is 1. The van der Waals surface area contributed by atoms with Crippen molar-refractivity contribution in [2.75, 3.05) is 19.0 Å². The third kappa shape index (κ3) is 4.16. The molecule has 0 spiro atoms. The first-order chi connectivity index (χ1) is 14.2. The van der Waals surface area contributed by atoms with Gasteiger partial charge in [-0.25, -0.2) is 14.3 Å². The van der Waals surface area contributed by atoms with E-state index in [2.05, 4.69) is 20.4 Å². The lowest BCUT2D eigenvalue weighted by Gasteiger charge is -2.10. The third-order valence-electron chi connectivity index (χ3n) is 4.13. The summed E-state index contributed by atoms with van der Waals surface area (Å²) in [6.45, 7) is 4.57. The van der Waals surface area contributed by atoms with Crippen molar-refractivity contribution in [1.82, 2.24) is 19.6 Å². The second-order valence-electron chi connectivity index (χ2n) is 6.41. The van der Waals surface area contributed by atoms with E-state index in [4.69, 9.17) is 9.47 Å². The molecule has 3 aromatic rings. The minimum Gasteiger partial charge on any atom is -0.490 e. The number of nitro benzene ring substituents is 1. The number of anilines is 1. The molecule has 156 valence electrons. The second-order valence-corrected chi connectivity index (χ2v) is 6.41. The summed E-state index contributed by atoms with van der Waals surface area (Å²) in [5, 5.41) is 17.6. The molecule has 3 rings (SSSR count).